The quantitative estimate of drug-likeness (QED) is 0.734. The lowest BCUT2D eigenvalue weighted by Gasteiger charge is -2.09. The van der Waals surface area contributed by atoms with Gasteiger partial charge in [0.25, 0.3) is 5.91 Å². The maximum absolute atomic E-state index is 13.0. The van der Waals surface area contributed by atoms with Crippen LogP contribution in [0.4, 0.5) is 10.1 Å². The van der Waals surface area contributed by atoms with E-state index in [9.17, 15) is 9.18 Å². The summed E-state index contributed by atoms with van der Waals surface area (Å²) in [6, 6.07) is 2.38. The summed E-state index contributed by atoms with van der Waals surface area (Å²) in [5, 5.41) is 11.5. The third kappa shape index (κ3) is 3.18. The first kappa shape index (κ1) is 12.9. The van der Waals surface area contributed by atoms with Crippen molar-refractivity contribution in [1.82, 2.24) is 5.32 Å². The fourth-order valence-corrected chi connectivity index (χ4v) is 1.57. The highest BCUT2D eigenvalue weighted by Gasteiger charge is 2.13. The van der Waals surface area contributed by atoms with Crippen LogP contribution in [0.3, 0.4) is 0 Å². The number of benzene rings is 1. The van der Waals surface area contributed by atoms with E-state index in [4.69, 9.17) is 10.8 Å². The molecule has 4 N–H and O–H groups in total. The van der Waals surface area contributed by atoms with Crippen LogP contribution in [0.2, 0.25) is 0 Å². The number of anilines is 1. The van der Waals surface area contributed by atoms with Crippen LogP contribution < -0.4 is 11.1 Å². The lowest BCUT2D eigenvalue weighted by Crippen LogP contribution is -2.30. The molecular formula is C10H12BrFN2O2. The number of rotatable bonds is 3. The first-order valence-corrected chi connectivity index (χ1v) is 5.42. The lowest BCUT2D eigenvalue weighted by molar-refractivity contribution is 0.0923. The summed E-state index contributed by atoms with van der Waals surface area (Å²) in [4.78, 5) is 11.6. The molecule has 4 nitrogen and oxygen atoms in total. The van der Waals surface area contributed by atoms with Crippen LogP contribution in [0, 0.1) is 5.82 Å². The summed E-state index contributed by atoms with van der Waals surface area (Å²) in [6.45, 7) is 1.68. The van der Waals surface area contributed by atoms with Gasteiger partial charge in [-0.15, -0.1) is 0 Å². The van der Waals surface area contributed by atoms with Crippen LogP contribution in [0.5, 0.6) is 0 Å². The Labute approximate surface area is 101 Å². The van der Waals surface area contributed by atoms with Gasteiger partial charge in [0.1, 0.15) is 5.82 Å². The van der Waals surface area contributed by atoms with Crippen molar-refractivity contribution in [1.29, 1.82) is 0 Å². The molecule has 88 valence electrons. The Kier molecular flexibility index (Phi) is 4.26. The zero-order chi connectivity index (χ0) is 12.3. The van der Waals surface area contributed by atoms with Gasteiger partial charge in [-0.25, -0.2) is 4.39 Å². The smallest absolute Gasteiger partial charge is 0.252 e. The molecule has 1 aromatic carbocycles. The Bertz CT molecular complexity index is 410. The number of aliphatic hydroxyl groups excluding tert-OH is 1. The molecule has 6 heteroatoms. The Balaban J connectivity index is 2.87. The van der Waals surface area contributed by atoms with Gasteiger partial charge in [0.15, 0.2) is 0 Å². The van der Waals surface area contributed by atoms with Crippen LogP contribution in [0.25, 0.3) is 0 Å². The number of nitrogens with two attached hydrogens (primary N) is 1. The third-order valence-electron chi connectivity index (χ3n) is 1.89. The molecule has 0 aliphatic carbocycles. The van der Waals surface area contributed by atoms with Gasteiger partial charge >= 0.3 is 0 Å². The van der Waals surface area contributed by atoms with Crippen molar-refractivity contribution in [2.75, 3.05) is 12.3 Å². The van der Waals surface area contributed by atoms with E-state index in [2.05, 4.69) is 21.2 Å². The van der Waals surface area contributed by atoms with E-state index in [1.165, 1.54) is 6.07 Å². The van der Waals surface area contributed by atoms with Crippen molar-refractivity contribution in [2.24, 2.45) is 0 Å². The Morgan fingerprint density at radius 3 is 2.88 bits per heavy atom. The Morgan fingerprint density at radius 1 is 1.69 bits per heavy atom. The molecule has 0 saturated carbocycles. The van der Waals surface area contributed by atoms with Crippen LogP contribution in [0.1, 0.15) is 17.3 Å². The molecule has 0 saturated heterocycles. The minimum Gasteiger partial charge on any atom is -0.396 e. The number of hydrogen-bond acceptors (Lipinski definition) is 3. The fraction of sp³-hybridized carbons (Fsp3) is 0.300. The molecule has 1 rings (SSSR count). The first-order valence-electron chi connectivity index (χ1n) is 4.62. The van der Waals surface area contributed by atoms with Crippen molar-refractivity contribution in [3.8, 4) is 0 Å². The molecule has 0 spiro atoms. The molecule has 1 aromatic rings. The summed E-state index contributed by atoms with van der Waals surface area (Å²) in [5.74, 6) is -1.00. The second kappa shape index (κ2) is 5.27. The summed E-state index contributed by atoms with van der Waals surface area (Å²) < 4.78 is 13.3. The van der Waals surface area contributed by atoms with E-state index >= 15 is 0 Å². The number of carbonyl (C=O) groups is 1. The molecule has 0 aliphatic rings. The van der Waals surface area contributed by atoms with Crippen molar-refractivity contribution in [2.45, 2.75) is 13.0 Å². The molecule has 0 heterocycles. The SMILES string of the molecule is C[C@@H](O)CNC(=O)c1cc(N)c(F)cc1Br. The number of nitrogens with one attached hydrogen (secondary N) is 1. The molecule has 0 fully saturated rings. The summed E-state index contributed by atoms with van der Waals surface area (Å²) in [7, 11) is 0. The number of halogens is 2. The Morgan fingerprint density at radius 2 is 2.31 bits per heavy atom. The van der Waals surface area contributed by atoms with E-state index in [1.54, 1.807) is 6.92 Å². The fourth-order valence-electron chi connectivity index (χ4n) is 1.08. The Hall–Kier alpha value is -1.14. The summed E-state index contributed by atoms with van der Waals surface area (Å²) in [5.41, 5.74) is 5.50. The molecule has 0 radical (unpaired) electrons. The topological polar surface area (TPSA) is 75.3 Å². The maximum Gasteiger partial charge on any atom is 0.252 e. The van der Waals surface area contributed by atoms with Crippen LogP contribution >= 0.6 is 15.9 Å². The monoisotopic (exact) mass is 290 g/mol. The molecule has 0 unspecified atom stereocenters. The number of carbonyl (C=O) groups excluding carboxylic acids is 1. The van der Waals surface area contributed by atoms with Crippen LogP contribution in [-0.4, -0.2) is 23.7 Å². The van der Waals surface area contributed by atoms with Crippen LogP contribution in [-0.2, 0) is 0 Å². The first-order chi connectivity index (χ1) is 7.41. The second-order valence-corrected chi connectivity index (χ2v) is 4.27. The minimum absolute atomic E-state index is 0.0922. The lowest BCUT2D eigenvalue weighted by atomic mass is 10.2. The average molecular weight is 291 g/mol. The van der Waals surface area contributed by atoms with Crippen molar-refractivity contribution in [3.05, 3.63) is 28.0 Å². The van der Waals surface area contributed by atoms with Crippen molar-refractivity contribution >= 4 is 27.5 Å². The van der Waals surface area contributed by atoms with Gasteiger partial charge in [-0.05, 0) is 35.0 Å². The molecule has 0 aliphatic heterocycles. The van der Waals surface area contributed by atoms with Crippen molar-refractivity contribution in [3.63, 3.8) is 0 Å². The van der Waals surface area contributed by atoms with Gasteiger partial charge in [-0.3, -0.25) is 4.79 Å². The van der Waals surface area contributed by atoms with E-state index in [0.29, 0.717) is 4.47 Å². The maximum atomic E-state index is 13.0. The summed E-state index contributed by atoms with van der Waals surface area (Å²) >= 11 is 3.07. The van der Waals surface area contributed by atoms with Gasteiger partial charge in [-0.2, -0.15) is 0 Å². The molecular weight excluding hydrogens is 279 g/mol. The molecule has 16 heavy (non-hydrogen) atoms. The number of amides is 1. The highest BCUT2D eigenvalue weighted by atomic mass is 79.9. The molecule has 0 bridgehead atoms. The average Bonchev–Trinajstić information content (AvgIpc) is 2.20. The highest BCUT2D eigenvalue weighted by Crippen LogP contribution is 2.22. The van der Waals surface area contributed by atoms with E-state index in [1.807, 2.05) is 0 Å². The van der Waals surface area contributed by atoms with E-state index < -0.39 is 17.8 Å². The third-order valence-corrected chi connectivity index (χ3v) is 2.55. The second-order valence-electron chi connectivity index (χ2n) is 3.41. The van der Waals surface area contributed by atoms with Gasteiger partial charge in [0, 0.05) is 11.0 Å². The number of aliphatic hydroxyl groups is 1. The molecule has 0 aromatic heterocycles. The van der Waals surface area contributed by atoms with Gasteiger partial charge in [-0.1, -0.05) is 0 Å². The minimum atomic E-state index is -0.638. The van der Waals surface area contributed by atoms with Crippen molar-refractivity contribution < 1.29 is 14.3 Å². The van der Waals surface area contributed by atoms with E-state index in [0.717, 1.165) is 6.07 Å². The highest BCUT2D eigenvalue weighted by molar-refractivity contribution is 9.10. The summed E-state index contributed by atoms with van der Waals surface area (Å²) in [6.07, 6.45) is -0.638. The normalized spacial score (nSPS) is 12.2. The standard InChI is InChI=1S/C10H12BrFN2O2/c1-5(15)4-14-10(16)6-2-9(13)8(12)3-7(6)11/h2-3,5,15H,4,13H2,1H3,(H,14,16)/t5-/m1/s1. The van der Waals surface area contributed by atoms with E-state index in [-0.39, 0.29) is 17.8 Å². The number of nitrogen functional groups attached to an aromatic ring is 1. The zero-order valence-corrected chi connectivity index (χ0v) is 10.2. The van der Waals surface area contributed by atoms with Gasteiger partial charge in [0.2, 0.25) is 0 Å². The largest absolute Gasteiger partial charge is 0.396 e. The zero-order valence-electron chi connectivity index (χ0n) is 8.63. The van der Waals surface area contributed by atoms with Crippen LogP contribution in [0.15, 0.2) is 16.6 Å². The number of hydrogen-bond donors (Lipinski definition) is 3. The molecule has 1 atom stereocenters. The predicted octanol–water partition coefficient (Wildman–Crippen LogP) is 1.28. The molecule has 1 amide bonds. The predicted molar refractivity (Wildman–Crippen MR) is 62.5 cm³/mol. The van der Waals surface area contributed by atoms with Gasteiger partial charge < -0.3 is 16.2 Å². The van der Waals surface area contributed by atoms with Gasteiger partial charge in [0.05, 0.1) is 17.4 Å².